The van der Waals surface area contributed by atoms with Gasteiger partial charge in [-0.25, -0.2) is 13.1 Å². The smallest absolute Gasteiger partial charge is 0.258 e. The Bertz CT molecular complexity index is 1350. The lowest BCUT2D eigenvalue weighted by atomic mass is 9.84. The highest BCUT2D eigenvalue weighted by atomic mass is 32.2. The maximum Gasteiger partial charge on any atom is 0.296 e. The highest BCUT2D eigenvalue weighted by Gasteiger charge is 2.47. The number of nitro benzene ring substituents is 2. The third kappa shape index (κ3) is 4.35. The van der Waals surface area contributed by atoms with Gasteiger partial charge < -0.3 is 0 Å². The maximum atomic E-state index is 12.9. The van der Waals surface area contributed by atoms with Gasteiger partial charge in [0.1, 0.15) is 0 Å². The number of hydrogen-bond donors (Lipinski definition) is 1. The van der Waals surface area contributed by atoms with Crippen molar-refractivity contribution in [3.63, 3.8) is 0 Å². The van der Waals surface area contributed by atoms with Crippen LogP contribution in [-0.2, 0) is 22.0 Å². The Balaban J connectivity index is 1.67. The van der Waals surface area contributed by atoms with Gasteiger partial charge >= 0.3 is 0 Å². The van der Waals surface area contributed by atoms with Crippen molar-refractivity contribution in [3.05, 3.63) is 109 Å². The second-order valence-corrected chi connectivity index (χ2v) is 9.83. The van der Waals surface area contributed by atoms with E-state index in [1.54, 1.807) is 0 Å². The predicted octanol–water partition coefficient (Wildman–Crippen LogP) is 4.37. The first kappa shape index (κ1) is 22.6. The first-order valence-corrected chi connectivity index (χ1v) is 11.7. The molecule has 1 saturated carbocycles. The van der Waals surface area contributed by atoms with Crippen molar-refractivity contribution in [3.8, 4) is 0 Å². The van der Waals surface area contributed by atoms with Gasteiger partial charge in [-0.15, -0.1) is 0 Å². The van der Waals surface area contributed by atoms with Crippen LogP contribution < -0.4 is 4.72 Å². The number of aryl methyl sites for hydroxylation is 1. The molecule has 1 N–H and O–H groups in total. The number of hydrogen-bond acceptors (Lipinski definition) is 6. The van der Waals surface area contributed by atoms with Gasteiger partial charge in [-0.3, -0.25) is 20.2 Å². The minimum atomic E-state index is -4.31. The molecule has 0 aromatic heterocycles. The minimum Gasteiger partial charge on any atom is -0.258 e. The zero-order valence-corrected chi connectivity index (χ0v) is 18.5. The number of sulfonamides is 1. The molecule has 1 aliphatic rings. The molecule has 1 fully saturated rings. The van der Waals surface area contributed by atoms with Crippen molar-refractivity contribution >= 4 is 21.4 Å². The van der Waals surface area contributed by atoms with Gasteiger partial charge in [0.05, 0.1) is 15.9 Å². The lowest BCUT2D eigenvalue weighted by Crippen LogP contribution is -2.25. The summed E-state index contributed by atoms with van der Waals surface area (Å²) in [6, 6.07) is 18.3. The van der Waals surface area contributed by atoms with Gasteiger partial charge in [0.2, 0.25) is 10.0 Å². The third-order valence-electron chi connectivity index (χ3n) is 5.95. The fourth-order valence-corrected chi connectivity index (χ4v) is 5.28. The first-order chi connectivity index (χ1) is 15.6. The molecule has 0 unspecified atom stereocenters. The van der Waals surface area contributed by atoms with Crippen LogP contribution >= 0.6 is 0 Å². The number of nitrogens with zero attached hydrogens (tertiary/aromatic N) is 2. The van der Waals surface area contributed by atoms with Crippen LogP contribution in [0.4, 0.5) is 11.4 Å². The van der Waals surface area contributed by atoms with Crippen molar-refractivity contribution in [1.29, 1.82) is 0 Å². The molecule has 0 spiro atoms. The summed E-state index contributed by atoms with van der Waals surface area (Å²) in [4.78, 5) is 20.0. The van der Waals surface area contributed by atoms with Crippen LogP contribution in [0.3, 0.4) is 0 Å². The topological polar surface area (TPSA) is 132 Å². The average Bonchev–Trinajstić information content (AvgIpc) is 3.60. The molecular formula is C23H21N3O6S. The van der Waals surface area contributed by atoms with Crippen molar-refractivity contribution in [1.82, 2.24) is 4.72 Å². The van der Waals surface area contributed by atoms with Gasteiger partial charge in [-0.05, 0) is 42.5 Å². The van der Waals surface area contributed by atoms with E-state index in [0.29, 0.717) is 6.07 Å². The molecule has 0 saturated heterocycles. The van der Waals surface area contributed by atoms with Crippen molar-refractivity contribution in [2.24, 2.45) is 0 Å². The normalized spacial score (nSPS) is 14.6. The lowest BCUT2D eigenvalue weighted by molar-refractivity contribution is -0.396. The molecule has 170 valence electrons. The molecule has 0 amide bonds. The number of nitrogens with one attached hydrogen (secondary N) is 1. The van der Waals surface area contributed by atoms with Crippen LogP contribution in [0.2, 0.25) is 0 Å². The fraction of sp³-hybridized carbons (Fsp3) is 0.217. The second-order valence-electron chi connectivity index (χ2n) is 8.10. The highest BCUT2D eigenvalue weighted by molar-refractivity contribution is 7.89. The molecule has 0 bridgehead atoms. The monoisotopic (exact) mass is 467 g/mol. The van der Waals surface area contributed by atoms with Crippen LogP contribution in [0.25, 0.3) is 0 Å². The van der Waals surface area contributed by atoms with Gasteiger partial charge in [0, 0.05) is 18.0 Å². The summed E-state index contributed by atoms with van der Waals surface area (Å²) in [7, 11) is -4.31. The lowest BCUT2D eigenvalue weighted by Gasteiger charge is -2.21. The van der Waals surface area contributed by atoms with E-state index in [2.05, 4.69) is 22.9 Å². The number of benzene rings is 3. The summed E-state index contributed by atoms with van der Waals surface area (Å²) >= 11 is 0. The molecule has 33 heavy (non-hydrogen) atoms. The summed E-state index contributed by atoms with van der Waals surface area (Å²) < 4.78 is 28.3. The van der Waals surface area contributed by atoms with Gasteiger partial charge in [0.15, 0.2) is 4.90 Å². The molecular weight excluding hydrogens is 446 g/mol. The Morgan fingerprint density at radius 1 is 0.939 bits per heavy atom. The summed E-state index contributed by atoms with van der Waals surface area (Å²) in [6.07, 6.45) is 1.88. The standard InChI is InChI=1S/C23H21N3O6S/c1-16-7-8-17(20(13-16)23(11-12-23)18-5-3-2-4-6-18)15-24-33(31,32)22-10-9-19(25(27)28)14-21(22)26(29)30/h2-10,13-14,24H,11-12,15H2,1H3. The predicted molar refractivity (Wildman–Crippen MR) is 121 cm³/mol. The van der Waals surface area contributed by atoms with Crippen LogP contribution in [0.5, 0.6) is 0 Å². The molecule has 0 atom stereocenters. The largest absolute Gasteiger partial charge is 0.296 e. The molecule has 0 radical (unpaired) electrons. The van der Waals surface area contributed by atoms with Crippen LogP contribution in [-0.4, -0.2) is 18.3 Å². The van der Waals surface area contributed by atoms with Crippen molar-refractivity contribution < 1.29 is 18.3 Å². The van der Waals surface area contributed by atoms with E-state index in [9.17, 15) is 28.6 Å². The first-order valence-electron chi connectivity index (χ1n) is 10.2. The Morgan fingerprint density at radius 2 is 1.64 bits per heavy atom. The van der Waals surface area contributed by atoms with E-state index in [4.69, 9.17) is 0 Å². The van der Waals surface area contributed by atoms with Gasteiger partial charge in [-0.2, -0.15) is 0 Å². The average molecular weight is 468 g/mol. The zero-order valence-electron chi connectivity index (χ0n) is 17.7. The van der Waals surface area contributed by atoms with E-state index in [-0.39, 0.29) is 12.0 Å². The molecule has 4 rings (SSSR count). The molecule has 3 aromatic rings. The Kier molecular flexibility index (Phi) is 5.73. The van der Waals surface area contributed by atoms with E-state index in [1.165, 1.54) is 0 Å². The molecule has 3 aromatic carbocycles. The second kappa shape index (κ2) is 8.38. The van der Waals surface area contributed by atoms with Crippen LogP contribution in [0, 0.1) is 27.2 Å². The summed E-state index contributed by atoms with van der Waals surface area (Å²) in [6.45, 7) is 1.90. The van der Waals surface area contributed by atoms with Crippen LogP contribution in [0.1, 0.15) is 35.1 Å². The van der Waals surface area contributed by atoms with E-state index in [1.807, 2.05) is 37.3 Å². The molecule has 0 aliphatic heterocycles. The Hall–Kier alpha value is -3.63. The van der Waals surface area contributed by atoms with Crippen molar-refractivity contribution in [2.45, 2.75) is 36.6 Å². The summed E-state index contributed by atoms with van der Waals surface area (Å²) in [5.74, 6) is 0. The summed E-state index contributed by atoms with van der Waals surface area (Å²) in [5, 5.41) is 22.3. The van der Waals surface area contributed by atoms with E-state index in [0.717, 1.165) is 47.2 Å². The quantitative estimate of drug-likeness (QED) is 0.386. The van der Waals surface area contributed by atoms with Crippen LogP contribution in [0.15, 0.2) is 71.6 Å². The number of rotatable bonds is 8. The van der Waals surface area contributed by atoms with Gasteiger partial charge in [-0.1, -0.05) is 54.1 Å². The number of nitro groups is 2. The molecule has 10 heteroatoms. The Morgan fingerprint density at radius 3 is 2.24 bits per heavy atom. The third-order valence-corrected chi connectivity index (χ3v) is 7.40. The maximum absolute atomic E-state index is 12.9. The number of non-ortho nitro benzene ring substituents is 1. The highest BCUT2D eigenvalue weighted by Crippen LogP contribution is 2.54. The Labute approximate surface area is 190 Å². The molecule has 9 nitrogen and oxygen atoms in total. The fourth-order valence-electron chi connectivity index (χ4n) is 4.13. The van der Waals surface area contributed by atoms with Crippen molar-refractivity contribution in [2.75, 3.05) is 0 Å². The zero-order chi connectivity index (χ0) is 23.8. The minimum absolute atomic E-state index is 0.0688. The molecule has 0 heterocycles. The summed E-state index contributed by atoms with van der Waals surface area (Å²) in [5.41, 5.74) is 2.41. The van der Waals surface area contributed by atoms with Gasteiger partial charge in [0.25, 0.3) is 11.4 Å². The SMILES string of the molecule is Cc1ccc(CNS(=O)(=O)c2ccc([N+](=O)[O-])cc2[N+](=O)[O-])c(C2(c3ccccc3)CC2)c1. The van der Waals surface area contributed by atoms with E-state index < -0.39 is 36.1 Å². The molecule has 1 aliphatic carbocycles. The van der Waals surface area contributed by atoms with E-state index >= 15 is 0 Å².